The van der Waals surface area contributed by atoms with E-state index in [2.05, 4.69) is 24.4 Å². The third kappa shape index (κ3) is 3.54. The Morgan fingerprint density at radius 1 is 1.30 bits per heavy atom. The molecule has 3 heteroatoms. The van der Waals surface area contributed by atoms with Crippen molar-refractivity contribution >= 4 is 17.5 Å². The largest absolute Gasteiger partial charge is 0.355 e. The van der Waals surface area contributed by atoms with Crippen LogP contribution in [0.4, 0.5) is 0 Å². The Labute approximate surface area is 126 Å². The van der Waals surface area contributed by atoms with Crippen LogP contribution in [0.3, 0.4) is 0 Å². The molecule has 1 N–H and O–H groups in total. The van der Waals surface area contributed by atoms with Gasteiger partial charge in [0.1, 0.15) is 0 Å². The lowest BCUT2D eigenvalue weighted by molar-refractivity contribution is -0.123. The average molecular weight is 294 g/mol. The third-order valence-electron chi connectivity index (χ3n) is 4.28. The Balaban J connectivity index is 1.92. The number of rotatable bonds is 8. The number of carbonyl (C=O) groups is 1. The fourth-order valence-corrected chi connectivity index (χ4v) is 3.15. The Hall–Kier alpha value is -1.02. The van der Waals surface area contributed by atoms with E-state index in [-0.39, 0.29) is 11.3 Å². The summed E-state index contributed by atoms with van der Waals surface area (Å²) >= 11 is 5.83. The van der Waals surface area contributed by atoms with Crippen LogP contribution in [-0.2, 0) is 10.2 Å². The number of alkyl halides is 1. The van der Waals surface area contributed by atoms with Crippen molar-refractivity contribution in [1.29, 1.82) is 0 Å². The molecule has 0 aromatic heterocycles. The van der Waals surface area contributed by atoms with Crippen molar-refractivity contribution < 1.29 is 4.79 Å². The maximum atomic E-state index is 12.5. The maximum absolute atomic E-state index is 12.5. The molecule has 0 saturated heterocycles. The summed E-state index contributed by atoms with van der Waals surface area (Å²) in [5.74, 6) is 1.37. The molecule has 2 rings (SSSR count). The van der Waals surface area contributed by atoms with Gasteiger partial charge in [0.15, 0.2) is 0 Å². The highest BCUT2D eigenvalue weighted by atomic mass is 35.5. The lowest BCUT2D eigenvalue weighted by Crippen LogP contribution is -2.37. The molecule has 1 aromatic rings. The number of carbonyl (C=O) groups excluding carboxylic acids is 1. The van der Waals surface area contributed by atoms with Gasteiger partial charge in [-0.15, -0.1) is 11.6 Å². The summed E-state index contributed by atoms with van der Waals surface area (Å²) in [6.45, 7) is 2.93. The molecular weight excluding hydrogens is 270 g/mol. The van der Waals surface area contributed by atoms with Gasteiger partial charge in [-0.05, 0) is 37.2 Å². The molecule has 1 aliphatic carbocycles. The van der Waals surface area contributed by atoms with Gasteiger partial charge in [-0.3, -0.25) is 4.79 Å². The van der Waals surface area contributed by atoms with Gasteiger partial charge in [0.05, 0.1) is 5.41 Å². The molecule has 0 radical (unpaired) electrons. The zero-order valence-corrected chi connectivity index (χ0v) is 13.0. The summed E-state index contributed by atoms with van der Waals surface area (Å²) in [4.78, 5) is 12.5. The molecule has 0 heterocycles. The van der Waals surface area contributed by atoms with E-state index < -0.39 is 0 Å². The van der Waals surface area contributed by atoms with E-state index in [9.17, 15) is 4.79 Å². The van der Waals surface area contributed by atoms with Crippen molar-refractivity contribution in [3.63, 3.8) is 0 Å². The highest BCUT2D eigenvalue weighted by Crippen LogP contribution is 2.48. The van der Waals surface area contributed by atoms with Crippen molar-refractivity contribution in [2.45, 2.75) is 44.4 Å². The van der Waals surface area contributed by atoms with E-state index in [0.29, 0.717) is 11.8 Å². The summed E-state index contributed by atoms with van der Waals surface area (Å²) in [6.07, 6.45) is 5.19. The van der Waals surface area contributed by atoms with Crippen molar-refractivity contribution in [2.24, 2.45) is 5.92 Å². The average Bonchev–Trinajstić information content (AvgIpc) is 3.27. The van der Waals surface area contributed by atoms with Gasteiger partial charge in [0.25, 0.3) is 0 Å². The first kappa shape index (κ1) is 15.4. The second-order valence-corrected chi connectivity index (χ2v) is 6.17. The van der Waals surface area contributed by atoms with Crippen LogP contribution in [0.2, 0.25) is 0 Å². The zero-order chi connectivity index (χ0) is 14.4. The molecular formula is C17H24ClNO. The lowest BCUT2D eigenvalue weighted by Gasteiger charge is -2.20. The van der Waals surface area contributed by atoms with Crippen molar-refractivity contribution in [3.8, 4) is 0 Å². The van der Waals surface area contributed by atoms with E-state index in [1.807, 2.05) is 18.2 Å². The minimum absolute atomic E-state index is 0.194. The van der Waals surface area contributed by atoms with Crippen molar-refractivity contribution in [2.75, 3.05) is 12.4 Å². The SMILES string of the molecule is CCCC(CCCl)CNC(=O)C1(c2ccccc2)CC1. The number of halogens is 1. The molecule has 0 aliphatic heterocycles. The predicted molar refractivity (Wildman–Crippen MR) is 84.1 cm³/mol. The van der Waals surface area contributed by atoms with E-state index >= 15 is 0 Å². The van der Waals surface area contributed by atoms with Gasteiger partial charge in [-0.1, -0.05) is 43.7 Å². The lowest BCUT2D eigenvalue weighted by atomic mass is 9.94. The quantitative estimate of drug-likeness (QED) is 0.724. The highest BCUT2D eigenvalue weighted by Gasteiger charge is 2.50. The number of amides is 1. The van der Waals surface area contributed by atoms with Gasteiger partial charge in [0, 0.05) is 12.4 Å². The number of hydrogen-bond donors (Lipinski definition) is 1. The van der Waals surface area contributed by atoms with Crippen LogP contribution in [0.1, 0.15) is 44.6 Å². The summed E-state index contributed by atoms with van der Waals surface area (Å²) in [6, 6.07) is 10.1. The molecule has 1 saturated carbocycles. The first-order chi connectivity index (χ1) is 9.73. The van der Waals surface area contributed by atoms with Gasteiger partial charge in [-0.2, -0.15) is 0 Å². The first-order valence-electron chi connectivity index (χ1n) is 7.62. The Kier molecular flexibility index (Phi) is 5.47. The molecule has 1 unspecified atom stereocenters. The second-order valence-electron chi connectivity index (χ2n) is 5.79. The maximum Gasteiger partial charge on any atom is 0.230 e. The minimum Gasteiger partial charge on any atom is -0.355 e. The van der Waals surface area contributed by atoms with Gasteiger partial charge >= 0.3 is 0 Å². The van der Waals surface area contributed by atoms with E-state index in [4.69, 9.17) is 11.6 Å². The monoisotopic (exact) mass is 293 g/mol. The van der Waals surface area contributed by atoms with Crippen LogP contribution in [0.5, 0.6) is 0 Å². The molecule has 1 aromatic carbocycles. The van der Waals surface area contributed by atoms with Crippen LogP contribution in [0, 0.1) is 5.92 Å². The summed E-state index contributed by atoms with van der Waals surface area (Å²) in [5, 5.41) is 3.16. The molecule has 1 aliphatic rings. The molecule has 2 nitrogen and oxygen atoms in total. The summed E-state index contributed by atoms with van der Waals surface area (Å²) in [5.41, 5.74) is 0.904. The van der Waals surface area contributed by atoms with Crippen molar-refractivity contribution in [1.82, 2.24) is 5.32 Å². The molecule has 1 fully saturated rings. The third-order valence-corrected chi connectivity index (χ3v) is 4.49. The summed E-state index contributed by atoms with van der Waals surface area (Å²) in [7, 11) is 0. The van der Waals surface area contributed by atoms with Crippen LogP contribution < -0.4 is 5.32 Å². The normalized spacial score (nSPS) is 17.5. The van der Waals surface area contributed by atoms with Gasteiger partial charge in [-0.25, -0.2) is 0 Å². The highest BCUT2D eigenvalue weighted by molar-refractivity contribution is 6.17. The molecule has 1 amide bonds. The van der Waals surface area contributed by atoms with Crippen LogP contribution in [0.25, 0.3) is 0 Å². The number of hydrogen-bond acceptors (Lipinski definition) is 1. The Bertz CT molecular complexity index is 422. The first-order valence-corrected chi connectivity index (χ1v) is 8.16. The molecule has 0 spiro atoms. The van der Waals surface area contributed by atoms with E-state index in [1.54, 1.807) is 0 Å². The fraction of sp³-hybridized carbons (Fsp3) is 0.588. The second kappa shape index (κ2) is 7.12. The van der Waals surface area contributed by atoms with Crippen LogP contribution in [0.15, 0.2) is 30.3 Å². The summed E-state index contributed by atoms with van der Waals surface area (Å²) < 4.78 is 0. The minimum atomic E-state index is -0.251. The number of benzene rings is 1. The Morgan fingerprint density at radius 3 is 2.55 bits per heavy atom. The fourth-order valence-electron chi connectivity index (χ4n) is 2.85. The molecule has 0 bridgehead atoms. The van der Waals surface area contributed by atoms with E-state index in [0.717, 1.165) is 44.2 Å². The van der Waals surface area contributed by atoms with Gasteiger partial charge in [0.2, 0.25) is 5.91 Å². The smallest absolute Gasteiger partial charge is 0.230 e. The zero-order valence-electron chi connectivity index (χ0n) is 12.2. The topological polar surface area (TPSA) is 29.1 Å². The number of nitrogens with one attached hydrogen (secondary N) is 1. The molecule has 1 atom stereocenters. The van der Waals surface area contributed by atoms with E-state index in [1.165, 1.54) is 0 Å². The Morgan fingerprint density at radius 2 is 2.00 bits per heavy atom. The molecule has 20 heavy (non-hydrogen) atoms. The van der Waals surface area contributed by atoms with Crippen molar-refractivity contribution in [3.05, 3.63) is 35.9 Å². The van der Waals surface area contributed by atoms with Crippen LogP contribution in [-0.4, -0.2) is 18.3 Å². The molecule has 110 valence electrons. The predicted octanol–water partition coefficient (Wildman–Crippen LogP) is 3.88. The standard InChI is InChI=1S/C17H24ClNO/c1-2-6-14(9-12-18)13-19-16(20)17(10-11-17)15-7-4-3-5-8-15/h3-5,7-8,14H,2,6,9-13H2,1H3,(H,19,20). The van der Waals surface area contributed by atoms with Crippen LogP contribution >= 0.6 is 11.6 Å². The van der Waals surface area contributed by atoms with Gasteiger partial charge < -0.3 is 5.32 Å².